The van der Waals surface area contributed by atoms with Crippen molar-refractivity contribution in [2.75, 3.05) is 5.75 Å². The highest BCUT2D eigenvalue weighted by Crippen LogP contribution is 2.24. The molecule has 0 radical (unpaired) electrons. The Balaban J connectivity index is 1.47. The van der Waals surface area contributed by atoms with E-state index in [-0.39, 0.29) is 5.91 Å². The topological polar surface area (TPSA) is 77.1 Å². The summed E-state index contributed by atoms with van der Waals surface area (Å²) in [5, 5.41) is 3.86. The number of amides is 1. The number of thioether (sulfide) groups is 1. The normalized spacial score (nSPS) is 13.5. The van der Waals surface area contributed by atoms with Gasteiger partial charge in [-0.05, 0) is 6.07 Å². The van der Waals surface area contributed by atoms with Crippen molar-refractivity contribution in [2.24, 2.45) is 0 Å². The number of hydrogen-bond donors (Lipinski definition) is 1. The van der Waals surface area contributed by atoms with Gasteiger partial charge in [0.2, 0.25) is 5.78 Å². The van der Waals surface area contributed by atoms with E-state index in [0.717, 1.165) is 23.1 Å². The molecule has 0 atom stereocenters. The number of aromatic nitrogens is 5. The van der Waals surface area contributed by atoms with E-state index in [2.05, 4.69) is 24.8 Å². The van der Waals surface area contributed by atoms with Gasteiger partial charge in [0.15, 0.2) is 5.16 Å². The van der Waals surface area contributed by atoms with Gasteiger partial charge in [0, 0.05) is 37.1 Å². The molecule has 1 aliphatic rings. The van der Waals surface area contributed by atoms with Crippen LogP contribution in [0.1, 0.15) is 16.2 Å². The van der Waals surface area contributed by atoms with Crippen LogP contribution in [0, 0.1) is 0 Å². The molecule has 0 bridgehead atoms. The second-order valence-corrected chi connectivity index (χ2v) is 5.75. The fourth-order valence-corrected chi connectivity index (χ4v) is 3.21. The number of fused-ring (bicyclic) bond motifs is 2. The number of nitrogens with zero attached hydrogens (tertiary/aromatic N) is 5. The van der Waals surface area contributed by atoms with Gasteiger partial charge in [0.05, 0.1) is 12.2 Å². The van der Waals surface area contributed by atoms with Gasteiger partial charge in [0.1, 0.15) is 5.69 Å². The monoisotopic (exact) mass is 300 g/mol. The van der Waals surface area contributed by atoms with Crippen molar-refractivity contribution < 1.29 is 4.79 Å². The van der Waals surface area contributed by atoms with Gasteiger partial charge < -0.3 is 9.88 Å². The smallest absolute Gasteiger partial charge is 0.271 e. The maximum Gasteiger partial charge on any atom is 0.271 e. The lowest BCUT2D eigenvalue weighted by Crippen LogP contribution is -2.23. The van der Waals surface area contributed by atoms with Gasteiger partial charge in [-0.15, -0.1) is 0 Å². The Hall–Kier alpha value is -2.35. The molecule has 3 aromatic rings. The lowest BCUT2D eigenvalue weighted by molar-refractivity contribution is 0.0946. The first-order valence-corrected chi connectivity index (χ1v) is 7.55. The molecule has 0 unspecified atom stereocenters. The van der Waals surface area contributed by atoms with E-state index in [4.69, 9.17) is 0 Å². The molecule has 8 heteroatoms. The number of carbonyl (C=O) groups excluding carboxylic acids is 1. The van der Waals surface area contributed by atoms with E-state index in [1.165, 1.54) is 0 Å². The molecule has 1 amide bonds. The van der Waals surface area contributed by atoms with Gasteiger partial charge >= 0.3 is 0 Å². The van der Waals surface area contributed by atoms with E-state index in [9.17, 15) is 4.79 Å². The molecule has 0 saturated carbocycles. The van der Waals surface area contributed by atoms with Crippen molar-refractivity contribution >= 4 is 23.4 Å². The van der Waals surface area contributed by atoms with Crippen LogP contribution in [0.3, 0.4) is 0 Å². The van der Waals surface area contributed by atoms with Crippen molar-refractivity contribution in [1.29, 1.82) is 0 Å². The van der Waals surface area contributed by atoms with E-state index in [1.54, 1.807) is 34.6 Å². The number of hydrogen-bond acceptors (Lipinski definition) is 5. The molecule has 0 spiro atoms. The van der Waals surface area contributed by atoms with Crippen LogP contribution < -0.4 is 5.32 Å². The molecule has 21 heavy (non-hydrogen) atoms. The molecule has 106 valence electrons. The van der Waals surface area contributed by atoms with Crippen molar-refractivity contribution in [1.82, 2.24) is 29.2 Å². The van der Waals surface area contributed by atoms with Crippen molar-refractivity contribution in [3.05, 3.63) is 42.2 Å². The van der Waals surface area contributed by atoms with Crippen LogP contribution in [0.4, 0.5) is 0 Å². The van der Waals surface area contributed by atoms with Crippen LogP contribution in [0.15, 0.2) is 36.0 Å². The third-order valence-corrected chi connectivity index (χ3v) is 4.22. The standard InChI is InChI=1S/C13H12N6OS/c20-11(10-8-18-3-1-2-14-12(18)17-10)15-6-9-7-19-4-5-21-13(19)16-9/h1-3,7-8H,4-6H2,(H,15,20). The van der Waals surface area contributed by atoms with Gasteiger partial charge in [0.25, 0.3) is 5.91 Å². The molecule has 0 saturated heterocycles. The third kappa shape index (κ3) is 2.27. The van der Waals surface area contributed by atoms with Crippen LogP contribution in [-0.4, -0.2) is 35.6 Å². The zero-order chi connectivity index (χ0) is 14.2. The summed E-state index contributed by atoms with van der Waals surface area (Å²) < 4.78 is 3.83. The number of carbonyl (C=O) groups is 1. The SMILES string of the molecule is O=C(NCc1cn2c(n1)SCC2)c1cn2cccnc2n1. The minimum atomic E-state index is -0.221. The minimum Gasteiger partial charge on any atom is -0.345 e. The summed E-state index contributed by atoms with van der Waals surface area (Å²) in [6.07, 6.45) is 7.11. The fraction of sp³-hybridized carbons (Fsp3) is 0.231. The molecule has 4 heterocycles. The van der Waals surface area contributed by atoms with Crippen LogP contribution in [0.25, 0.3) is 5.78 Å². The van der Waals surface area contributed by atoms with Crippen molar-refractivity contribution in [3.63, 3.8) is 0 Å². The zero-order valence-corrected chi connectivity index (χ0v) is 11.9. The first-order chi connectivity index (χ1) is 10.3. The van der Waals surface area contributed by atoms with Gasteiger partial charge in [-0.1, -0.05) is 11.8 Å². The second-order valence-electron chi connectivity index (χ2n) is 4.69. The lowest BCUT2D eigenvalue weighted by atomic mass is 10.4. The predicted octanol–water partition coefficient (Wildman–Crippen LogP) is 0.962. The molecule has 0 aliphatic carbocycles. The number of aryl methyl sites for hydroxylation is 1. The Morgan fingerprint density at radius 3 is 3.19 bits per heavy atom. The Morgan fingerprint density at radius 2 is 2.33 bits per heavy atom. The van der Waals surface area contributed by atoms with Gasteiger partial charge in [-0.2, -0.15) is 0 Å². The minimum absolute atomic E-state index is 0.221. The van der Waals surface area contributed by atoms with E-state index in [1.807, 2.05) is 12.4 Å². The van der Waals surface area contributed by atoms with Crippen molar-refractivity contribution in [3.8, 4) is 0 Å². The van der Waals surface area contributed by atoms with Gasteiger partial charge in [-0.25, -0.2) is 15.0 Å². The summed E-state index contributed by atoms with van der Waals surface area (Å²) in [5.41, 5.74) is 1.22. The third-order valence-electron chi connectivity index (χ3n) is 3.25. The summed E-state index contributed by atoms with van der Waals surface area (Å²) in [5.74, 6) is 1.37. The molecule has 0 fully saturated rings. The number of nitrogens with one attached hydrogen (secondary N) is 1. The molecule has 7 nitrogen and oxygen atoms in total. The number of rotatable bonds is 3. The average molecular weight is 300 g/mol. The molecule has 1 N–H and O–H groups in total. The van der Waals surface area contributed by atoms with Crippen LogP contribution in [-0.2, 0) is 13.1 Å². The van der Waals surface area contributed by atoms with Crippen LogP contribution in [0.5, 0.6) is 0 Å². The Labute approximate surface area is 124 Å². The highest BCUT2D eigenvalue weighted by molar-refractivity contribution is 7.99. The lowest BCUT2D eigenvalue weighted by Gasteiger charge is -1.99. The maximum atomic E-state index is 12.1. The largest absolute Gasteiger partial charge is 0.345 e. The molecule has 0 aromatic carbocycles. The summed E-state index contributed by atoms with van der Waals surface area (Å²) in [6, 6.07) is 1.79. The molecular formula is C13H12N6OS. The van der Waals surface area contributed by atoms with E-state index < -0.39 is 0 Å². The summed E-state index contributed by atoms with van der Waals surface area (Å²) >= 11 is 1.74. The number of imidazole rings is 2. The highest BCUT2D eigenvalue weighted by atomic mass is 32.2. The van der Waals surface area contributed by atoms with Gasteiger partial charge in [-0.3, -0.25) is 9.20 Å². The van der Waals surface area contributed by atoms with E-state index in [0.29, 0.717) is 18.0 Å². The molecular weight excluding hydrogens is 288 g/mol. The van der Waals surface area contributed by atoms with Crippen LogP contribution in [0.2, 0.25) is 0 Å². The molecule has 3 aromatic heterocycles. The average Bonchev–Trinajstić information content (AvgIpc) is 3.17. The molecule has 4 rings (SSSR count). The van der Waals surface area contributed by atoms with E-state index >= 15 is 0 Å². The Morgan fingerprint density at radius 1 is 1.38 bits per heavy atom. The fourth-order valence-electron chi connectivity index (χ4n) is 2.25. The predicted molar refractivity (Wildman–Crippen MR) is 77.1 cm³/mol. The highest BCUT2D eigenvalue weighted by Gasteiger charge is 2.16. The Kier molecular flexibility index (Phi) is 2.88. The summed E-state index contributed by atoms with van der Waals surface area (Å²) in [7, 11) is 0. The molecule has 1 aliphatic heterocycles. The first kappa shape index (κ1) is 12.4. The van der Waals surface area contributed by atoms with Crippen LogP contribution >= 0.6 is 11.8 Å². The van der Waals surface area contributed by atoms with Crippen molar-refractivity contribution in [2.45, 2.75) is 18.2 Å². The zero-order valence-electron chi connectivity index (χ0n) is 11.1. The quantitative estimate of drug-likeness (QED) is 0.779. The Bertz CT molecular complexity index is 769. The summed E-state index contributed by atoms with van der Waals surface area (Å²) in [4.78, 5) is 24.9. The first-order valence-electron chi connectivity index (χ1n) is 6.56. The maximum absolute atomic E-state index is 12.1. The summed E-state index contributed by atoms with van der Waals surface area (Å²) in [6.45, 7) is 1.39. The second kappa shape index (κ2) is 4.88.